The first kappa shape index (κ1) is 15.1. The van der Waals surface area contributed by atoms with Gasteiger partial charge in [-0.2, -0.15) is 0 Å². The van der Waals surface area contributed by atoms with Crippen LogP contribution in [0.1, 0.15) is 43.0 Å². The van der Waals surface area contributed by atoms with Crippen molar-refractivity contribution in [3.05, 3.63) is 22.8 Å². The van der Waals surface area contributed by atoms with E-state index in [0.29, 0.717) is 22.3 Å². The third-order valence-electron chi connectivity index (χ3n) is 3.84. The predicted molar refractivity (Wildman–Crippen MR) is 80.5 cm³/mol. The SMILES string of the molecule is CC1CCCC(CNC(=O)c2cnc(NN)c(Cl)c2)C1. The van der Waals surface area contributed by atoms with Gasteiger partial charge in [0.1, 0.15) is 0 Å². The highest BCUT2D eigenvalue weighted by Gasteiger charge is 2.19. The first-order chi connectivity index (χ1) is 9.60. The maximum atomic E-state index is 12.1. The molecule has 0 aliphatic heterocycles. The van der Waals surface area contributed by atoms with Crippen molar-refractivity contribution < 1.29 is 4.79 Å². The van der Waals surface area contributed by atoms with E-state index in [4.69, 9.17) is 17.4 Å². The minimum atomic E-state index is -0.138. The molecule has 4 N–H and O–H groups in total. The van der Waals surface area contributed by atoms with Gasteiger partial charge in [0, 0.05) is 12.7 Å². The van der Waals surface area contributed by atoms with Crippen molar-refractivity contribution in [3.63, 3.8) is 0 Å². The number of aromatic nitrogens is 1. The Morgan fingerprint density at radius 2 is 2.35 bits per heavy atom. The van der Waals surface area contributed by atoms with Crippen molar-refractivity contribution in [2.75, 3.05) is 12.0 Å². The fraction of sp³-hybridized carbons (Fsp3) is 0.571. The molecule has 110 valence electrons. The largest absolute Gasteiger partial charge is 0.352 e. The Hall–Kier alpha value is -1.33. The third-order valence-corrected chi connectivity index (χ3v) is 4.12. The van der Waals surface area contributed by atoms with E-state index in [-0.39, 0.29) is 5.91 Å². The predicted octanol–water partition coefficient (Wildman–Crippen LogP) is 2.58. The zero-order valence-electron chi connectivity index (χ0n) is 11.7. The van der Waals surface area contributed by atoms with Crippen molar-refractivity contribution in [3.8, 4) is 0 Å². The topological polar surface area (TPSA) is 80.0 Å². The molecule has 5 nitrogen and oxygen atoms in total. The monoisotopic (exact) mass is 296 g/mol. The highest BCUT2D eigenvalue weighted by Crippen LogP contribution is 2.28. The van der Waals surface area contributed by atoms with Gasteiger partial charge >= 0.3 is 0 Å². The van der Waals surface area contributed by atoms with Gasteiger partial charge in [0.15, 0.2) is 5.82 Å². The number of pyridine rings is 1. The molecule has 1 amide bonds. The zero-order valence-corrected chi connectivity index (χ0v) is 12.4. The molecule has 1 aliphatic rings. The van der Waals surface area contributed by atoms with Crippen LogP contribution >= 0.6 is 11.6 Å². The second kappa shape index (κ2) is 6.90. The molecule has 1 heterocycles. The molecule has 0 bridgehead atoms. The summed E-state index contributed by atoms with van der Waals surface area (Å²) < 4.78 is 0. The highest BCUT2D eigenvalue weighted by atomic mass is 35.5. The molecular formula is C14H21ClN4O. The van der Waals surface area contributed by atoms with Crippen molar-refractivity contribution in [2.45, 2.75) is 32.6 Å². The second-order valence-electron chi connectivity index (χ2n) is 5.55. The van der Waals surface area contributed by atoms with Gasteiger partial charge in [-0.3, -0.25) is 4.79 Å². The number of nitrogens with one attached hydrogen (secondary N) is 2. The molecular weight excluding hydrogens is 276 g/mol. The number of amides is 1. The highest BCUT2D eigenvalue weighted by molar-refractivity contribution is 6.33. The molecule has 1 aliphatic carbocycles. The van der Waals surface area contributed by atoms with Crippen molar-refractivity contribution in [2.24, 2.45) is 17.7 Å². The van der Waals surface area contributed by atoms with Gasteiger partial charge in [0.2, 0.25) is 0 Å². The Labute approximate surface area is 124 Å². The van der Waals surface area contributed by atoms with Crippen molar-refractivity contribution in [1.29, 1.82) is 0 Å². The Balaban J connectivity index is 1.90. The van der Waals surface area contributed by atoms with Crippen LogP contribution in [0.15, 0.2) is 12.3 Å². The summed E-state index contributed by atoms with van der Waals surface area (Å²) in [5.74, 6) is 6.82. The van der Waals surface area contributed by atoms with Crippen LogP contribution in [0.25, 0.3) is 0 Å². The lowest BCUT2D eigenvalue weighted by Crippen LogP contribution is -2.31. The van der Waals surface area contributed by atoms with Crippen LogP contribution in [0.4, 0.5) is 5.82 Å². The van der Waals surface area contributed by atoms with Crippen molar-refractivity contribution >= 4 is 23.3 Å². The van der Waals surface area contributed by atoms with Gasteiger partial charge in [-0.05, 0) is 30.7 Å². The van der Waals surface area contributed by atoms with Crippen LogP contribution in [-0.4, -0.2) is 17.4 Å². The summed E-state index contributed by atoms with van der Waals surface area (Å²) >= 11 is 5.96. The number of nitrogens with zero attached hydrogens (tertiary/aromatic N) is 1. The van der Waals surface area contributed by atoms with Gasteiger partial charge in [-0.1, -0.05) is 31.4 Å². The lowest BCUT2D eigenvalue weighted by molar-refractivity contribution is 0.0940. The number of carbonyl (C=O) groups excluding carboxylic acids is 1. The van der Waals surface area contributed by atoms with Crippen molar-refractivity contribution in [1.82, 2.24) is 10.3 Å². The van der Waals surface area contributed by atoms with E-state index in [1.54, 1.807) is 6.07 Å². The summed E-state index contributed by atoms with van der Waals surface area (Å²) in [5, 5.41) is 3.30. The van der Waals surface area contributed by atoms with Crippen LogP contribution in [0.3, 0.4) is 0 Å². The number of hydrogen-bond acceptors (Lipinski definition) is 4. The maximum absolute atomic E-state index is 12.1. The number of hydrazine groups is 1. The zero-order chi connectivity index (χ0) is 14.5. The van der Waals surface area contributed by atoms with Crippen LogP contribution in [0, 0.1) is 11.8 Å². The number of hydrogen-bond donors (Lipinski definition) is 3. The lowest BCUT2D eigenvalue weighted by Gasteiger charge is -2.26. The molecule has 0 spiro atoms. The first-order valence-corrected chi connectivity index (χ1v) is 7.38. The Bertz CT molecular complexity index is 480. The molecule has 0 radical (unpaired) electrons. The average molecular weight is 297 g/mol. The summed E-state index contributed by atoms with van der Waals surface area (Å²) in [7, 11) is 0. The van der Waals surface area contributed by atoms with Crippen LogP contribution in [0.5, 0.6) is 0 Å². The Morgan fingerprint density at radius 3 is 3.00 bits per heavy atom. The van der Waals surface area contributed by atoms with E-state index in [1.807, 2.05) is 0 Å². The first-order valence-electron chi connectivity index (χ1n) is 7.00. The molecule has 1 aromatic heterocycles. The summed E-state index contributed by atoms with van der Waals surface area (Å²) in [6.45, 7) is 2.99. The summed E-state index contributed by atoms with van der Waals surface area (Å²) in [4.78, 5) is 16.1. The molecule has 1 fully saturated rings. The molecule has 0 saturated heterocycles. The number of nitrogen functional groups attached to an aromatic ring is 1. The average Bonchev–Trinajstić information content (AvgIpc) is 2.44. The van der Waals surface area contributed by atoms with Gasteiger partial charge in [-0.25, -0.2) is 10.8 Å². The minimum Gasteiger partial charge on any atom is -0.352 e. The molecule has 2 atom stereocenters. The van der Waals surface area contributed by atoms with E-state index in [2.05, 4.69) is 22.7 Å². The van der Waals surface area contributed by atoms with E-state index in [1.165, 1.54) is 31.9 Å². The fourth-order valence-electron chi connectivity index (χ4n) is 2.75. The summed E-state index contributed by atoms with van der Waals surface area (Å²) in [5.41, 5.74) is 2.83. The number of rotatable bonds is 4. The quantitative estimate of drug-likeness (QED) is 0.589. The van der Waals surface area contributed by atoms with Crippen LogP contribution in [0.2, 0.25) is 5.02 Å². The minimum absolute atomic E-state index is 0.138. The Kier molecular flexibility index (Phi) is 5.20. The molecule has 0 aromatic carbocycles. The van der Waals surface area contributed by atoms with E-state index in [0.717, 1.165) is 12.5 Å². The van der Waals surface area contributed by atoms with Gasteiger partial charge in [-0.15, -0.1) is 0 Å². The number of carbonyl (C=O) groups is 1. The van der Waals surface area contributed by atoms with Gasteiger partial charge in [0.05, 0.1) is 10.6 Å². The molecule has 6 heteroatoms. The standard InChI is InChI=1S/C14H21ClN4O/c1-9-3-2-4-10(5-9)7-18-14(20)11-6-12(15)13(19-16)17-8-11/h6,8-10H,2-5,7,16H2,1H3,(H,17,19)(H,18,20). The third kappa shape index (κ3) is 3.84. The smallest absolute Gasteiger partial charge is 0.252 e. The van der Waals surface area contributed by atoms with Gasteiger partial charge in [0.25, 0.3) is 5.91 Å². The molecule has 2 unspecified atom stereocenters. The van der Waals surface area contributed by atoms with Crippen LogP contribution < -0.4 is 16.6 Å². The second-order valence-corrected chi connectivity index (χ2v) is 5.95. The number of nitrogens with two attached hydrogens (primary N) is 1. The number of halogens is 1. The van der Waals surface area contributed by atoms with Gasteiger partial charge < -0.3 is 10.7 Å². The molecule has 1 saturated carbocycles. The molecule has 1 aromatic rings. The fourth-order valence-corrected chi connectivity index (χ4v) is 2.97. The molecule has 20 heavy (non-hydrogen) atoms. The Morgan fingerprint density at radius 1 is 1.55 bits per heavy atom. The van der Waals surface area contributed by atoms with Crippen LogP contribution in [-0.2, 0) is 0 Å². The number of anilines is 1. The summed E-state index contributed by atoms with van der Waals surface area (Å²) in [6, 6.07) is 1.57. The molecule has 2 rings (SSSR count). The summed E-state index contributed by atoms with van der Waals surface area (Å²) in [6.07, 6.45) is 6.42. The maximum Gasteiger partial charge on any atom is 0.252 e. The van der Waals surface area contributed by atoms with E-state index < -0.39 is 0 Å². The van der Waals surface area contributed by atoms with E-state index in [9.17, 15) is 4.79 Å². The lowest BCUT2D eigenvalue weighted by atomic mass is 9.82. The normalized spacial score (nSPS) is 22.4. The van der Waals surface area contributed by atoms with E-state index >= 15 is 0 Å².